The van der Waals surface area contributed by atoms with Crippen molar-refractivity contribution in [2.45, 2.75) is 19.8 Å². The van der Waals surface area contributed by atoms with Crippen LogP contribution in [-0.4, -0.2) is 0 Å². The molecule has 0 N–H and O–H groups in total. The van der Waals surface area contributed by atoms with Gasteiger partial charge >= 0.3 is 0 Å². The molecular weight excluding hydrogens is 204 g/mol. The summed E-state index contributed by atoms with van der Waals surface area (Å²) in [5.41, 5.74) is 7.13. The summed E-state index contributed by atoms with van der Waals surface area (Å²) in [6.07, 6.45) is 4.48. The third kappa shape index (κ3) is 1.80. The summed E-state index contributed by atoms with van der Waals surface area (Å²) in [5, 5.41) is 0. The molecule has 0 heterocycles. The maximum absolute atomic E-state index is 2.35. The summed E-state index contributed by atoms with van der Waals surface area (Å²) in [6, 6.07) is 17.5. The summed E-state index contributed by atoms with van der Waals surface area (Å²) >= 11 is 0. The normalized spacial score (nSPS) is 13.4. The molecule has 0 nitrogen and oxygen atoms in total. The van der Waals surface area contributed by atoms with Crippen molar-refractivity contribution in [2.75, 3.05) is 0 Å². The lowest BCUT2D eigenvalue weighted by Gasteiger charge is -2.08. The first-order chi connectivity index (χ1) is 8.38. The number of allylic oxidation sites excluding steroid dienone is 1. The number of fused-ring (bicyclic) bond motifs is 2. The van der Waals surface area contributed by atoms with Gasteiger partial charge in [0.1, 0.15) is 0 Å². The lowest BCUT2D eigenvalue weighted by Crippen LogP contribution is -1.92. The molecule has 0 saturated carbocycles. The Morgan fingerprint density at radius 1 is 0.882 bits per heavy atom. The first-order valence-corrected chi connectivity index (χ1v) is 6.25. The molecule has 0 saturated heterocycles. The van der Waals surface area contributed by atoms with E-state index in [1.807, 2.05) is 0 Å². The minimum Gasteiger partial charge on any atom is -0.0619 e. The smallest absolute Gasteiger partial charge is 0.00138 e. The highest BCUT2D eigenvalue weighted by Crippen LogP contribution is 2.31. The van der Waals surface area contributed by atoms with Crippen LogP contribution in [-0.2, 0) is 6.42 Å². The van der Waals surface area contributed by atoms with Gasteiger partial charge in [-0.3, -0.25) is 0 Å². The summed E-state index contributed by atoms with van der Waals surface area (Å²) in [6.45, 7) is 2.23. The highest BCUT2D eigenvalue weighted by Gasteiger charge is 2.12. The average molecular weight is 220 g/mol. The molecule has 0 heteroatoms. The van der Waals surface area contributed by atoms with Crippen molar-refractivity contribution in [2.24, 2.45) is 0 Å². The van der Waals surface area contributed by atoms with Crippen LogP contribution in [0.1, 0.15) is 35.6 Å². The van der Waals surface area contributed by atoms with E-state index in [2.05, 4.69) is 61.5 Å². The van der Waals surface area contributed by atoms with Crippen LogP contribution in [0.2, 0.25) is 0 Å². The summed E-state index contributed by atoms with van der Waals surface area (Å²) in [7, 11) is 0. The van der Waals surface area contributed by atoms with E-state index in [0.717, 1.165) is 12.8 Å². The van der Waals surface area contributed by atoms with Gasteiger partial charge in [0.25, 0.3) is 0 Å². The van der Waals surface area contributed by atoms with Crippen LogP contribution in [0.4, 0.5) is 0 Å². The molecule has 0 bridgehead atoms. The highest BCUT2D eigenvalue weighted by molar-refractivity contribution is 5.85. The third-order valence-corrected chi connectivity index (χ3v) is 3.51. The van der Waals surface area contributed by atoms with Crippen molar-refractivity contribution < 1.29 is 0 Å². The fraction of sp³-hybridized carbons (Fsp3) is 0.176. The van der Waals surface area contributed by atoms with Gasteiger partial charge in [-0.05, 0) is 40.7 Å². The predicted molar refractivity (Wildman–Crippen MR) is 73.9 cm³/mol. The molecule has 0 aliphatic heterocycles. The topological polar surface area (TPSA) is 0 Å². The maximum Gasteiger partial charge on any atom is -0.00138 e. The number of rotatable bonds is 1. The van der Waals surface area contributed by atoms with E-state index in [1.54, 1.807) is 0 Å². The molecule has 0 unspecified atom stereocenters. The Kier molecular flexibility index (Phi) is 2.56. The lowest BCUT2D eigenvalue weighted by atomic mass is 9.97. The molecule has 0 amide bonds. The second-order valence-electron chi connectivity index (χ2n) is 4.56. The van der Waals surface area contributed by atoms with Crippen LogP contribution in [0.15, 0.2) is 48.5 Å². The fourth-order valence-corrected chi connectivity index (χ4v) is 2.59. The van der Waals surface area contributed by atoms with Crippen LogP contribution in [0.25, 0.3) is 11.6 Å². The molecular formula is C17H16. The molecule has 0 radical (unpaired) electrons. The Hall–Kier alpha value is -1.82. The van der Waals surface area contributed by atoms with Gasteiger partial charge in [-0.1, -0.05) is 61.5 Å². The zero-order valence-corrected chi connectivity index (χ0v) is 10.1. The van der Waals surface area contributed by atoms with Crippen molar-refractivity contribution >= 4 is 11.6 Å². The van der Waals surface area contributed by atoms with E-state index >= 15 is 0 Å². The van der Waals surface area contributed by atoms with Gasteiger partial charge in [0.2, 0.25) is 0 Å². The van der Waals surface area contributed by atoms with Crippen molar-refractivity contribution in [3.8, 4) is 0 Å². The van der Waals surface area contributed by atoms with Crippen LogP contribution in [0.3, 0.4) is 0 Å². The molecule has 0 fully saturated rings. The summed E-state index contributed by atoms with van der Waals surface area (Å²) in [4.78, 5) is 0. The highest BCUT2D eigenvalue weighted by atomic mass is 14.2. The third-order valence-electron chi connectivity index (χ3n) is 3.51. The van der Waals surface area contributed by atoms with E-state index in [1.165, 1.54) is 27.8 Å². The first-order valence-electron chi connectivity index (χ1n) is 6.25. The molecule has 84 valence electrons. The van der Waals surface area contributed by atoms with Crippen molar-refractivity contribution in [3.63, 3.8) is 0 Å². The molecule has 2 aromatic carbocycles. The quantitative estimate of drug-likeness (QED) is 0.661. The second kappa shape index (κ2) is 4.21. The number of benzene rings is 2. The molecule has 17 heavy (non-hydrogen) atoms. The zero-order valence-electron chi connectivity index (χ0n) is 10.1. The summed E-state index contributed by atoms with van der Waals surface area (Å²) in [5.74, 6) is 0. The second-order valence-corrected chi connectivity index (χ2v) is 4.56. The zero-order chi connectivity index (χ0) is 11.7. The largest absolute Gasteiger partial charge is 0.0619 e. The van der Waals surface area contributed by atoms with Crippen LogP contribution in [0.5, 0.6) is 0 Å². The maximum atomic E-state index is 2.35. The van der Waals surface area contributed by atoms with Crippen molar-refractivity contribution in [1.82, 2.24) is 0 Å². The Bertz CT molecular complexity index is 576. The van der Waals surface area contributed by atoms with Gasteiger partial charge in [-0.15, -0.1) is 0 Å². The van der Waals surface area contributed by atoms with Crippen LogP contribution in [0, 0.1) is 0 Å². The number of hydrogen-bond donors (Lipinski definition) is 0. The fourth-order valence-electron chi connectivity index (χ4n) is 2.59. The molecule has 0 atom stereocenters. The molecule has 1 aliphatic rings. The van der Waals surface area contributed by atoms with Crippen molar-refractivity contribution in [3.05, 3.63) is 70.8 Å². The van der Waals surface area contributed by atoms with Gasteiger partial charge in [0.05, 0.1) is 0 Å². The molecule has 0 spiro atoms. The Balaban J connectivity index is 2.24. The predicted octanol–water partition coefficient (Wildman–Crippen LogP) is 4.54. The first kappa shape index (κ1) is 10.3. The van der Waals surface area contributed by atoms with Crippen LogP contribution >= 0.6 is 0 Å². The Labute approximate surface area is 103 Å². The lowest BCUT2D eigenvalue weighted by molar-refractivity contribution is 1.17. The minimum atomic E-state index is 1.05. The SMILES string of the molecule is CCC1=Cc2ccccc2Cc2ccccc21. The summed E-state index contributed by atoms with van der Waals surface area (Å²) < 4.78 is 0. The van der Waals surface area contributed by atoms with Gasteiger partial charge in [-0.25, -0.2) is 0 Å². The van der Waals surface area contributed by atoms with E-state index in [9.17, 15) is 0 Å². The van der Waals surface area contributed by atoms with Crippen LogP contribution < -0.4 is 0 Å². The van der Waals surface area contributed by atoms with Gasteiger partial charge in [0, 0.05) is 0 Å². The Morgan fingerprint density at radius 3 is 2.41 bits per heavy atom. The molecule has 3 rings (SSSR count). The Morgan fingerprint density at radius 2 is 1.59 bits per heavy atom. The van der Waals surface area contributed by atoms with E-state index in [-0.39, 0.29) is 0 Å². The number of hydrogen-bond acceptors (Lipinski definition) is 0. The van der Waals surface area contributed by atoms with E-state index in [0.29, 0.717) is 0 Å². The monoisotopic (exact) mass is 220 g/mol. The standard InChI is InChI=1S/C17H16/c1-2-13-11-14-7-3-4-8-15(14)12-16-9-5-6-10-17(13)16/h3-11H,2,12H2,1H3. The molecule has 1 aliphatic carbocycles. The minimum absolute atomic E-state index is 1.05. The van der Waals surface area contributed by atoms with Gasteiger partial charge in [-0.2, -0.15) is 0 Å². The van der Waals surface area contributed by atoms with E-state index < -0.39 is 0 Å². The molecule has 2 aromatic rings. The molecule has 0 aromatic heterocycles. The van der Waals surface area contributed by atoms with Gasteiger partial charge in [0.15, 0.2) is 0 Å². The van der Waals surface area contributed by atoms with E-state index in [4.69, 9.17) is 0 Å². The van der Waals surface area contributed by atoms with Gasteiger partial charge < -0.3 is 0 Å². The average Bonchev–Trinajstić information content (AvgIpc) is 2.54. The van der Waals surface area contributed by atoms with Crippen molar-refractivity contribution in [1.29, 1.82) is 0 Å².